The zero-order valence-electron chi connectivity index (χ0n) is 10.3. The number of carbonyl (C=O) groups excluding carboxylic acids is 1. The van der Waals surface area contributed by atoms with E-state index in [0.29, 0.717) is 11.5 Å². The first kappa shape index (κ1) is 12.4. The number of thiol groups is 1. The van der Waals surface area contributed by atoms with E-state index in [2.05, 4.69) is 44.2 Å². The minimum Gasteiger partial charge on any atom is -0.399 e. The van der Waals surface area contributed by atoms with Crippen LogP contribution in [-0.4, -0.2) is 11.2 Å². The van der Waals surface area contributed by atoms with Crippen molar-refractivity contribution >= 4 is 23.8 Å². The molecule has 4 heteroatoms. The van der Waals surface area contributed by atoms with Crippen molar-refractivity contribution in [1.82, 2.24) is 0 Å². The van der Waals surface area contributed by atoms with Crippen molar-refractivity contribution in [2.75, 3.05) is 0 Å². The quantitative estimate of drug-likeness (QED) is 0.324. The van der Waals surface area contributed by atoms with Crippen LogP contribution in [0.15, 0.2) is 23.8 Å². The van der Waals surface area contributed by atoms with Crippen LogP contribution in [0.3, 0.4) is 0 Å². The van der Waals surface area contributed by atoms with Gasteiger partial charge in [-0.3, -0.25) is 5.41 Å². The summed E-state index contributed by atoms with van der Waals surface area (Å²) < 4.78 is 4.66. The first-order valence-electron chi connectivity index (χ1n) is 5.67. The molecule has 0 radical (unpaired) electrons. The number of hydrogen-bond acceptors (Lipinski definition) is 3. The zero-order valence-corrected chi connectivity index (χ0v) is 11.2. The Morgan fingerprint density at radius 2 is 2.24 bits per heavy atom. The summed E-state index contributed by atoms with van der Waals surface area (Å²) in [6, 6.07) is 0. The molecule has 2 atom stereocenters. The van der Waals surface area contributed by atoms with Crippen LogP contribution < -0.4 is 0 Å². The summed E-state index contributed by atoms with van der Waals surface area (Å²) in [6.07, 6.45) is 7.19. The second-order valence-electron chi connectivity index (χ2n) is 5.75. The van der Waals surface area contributed by atoms with Gasteiger partial charge in [-0.25, -0.2) is 4.79 Å². The number of hydrogen-bond donors (Lipinski definition) is 2. The van der Waals surface area contributed by atoms with Crippen LogP contribution >= 0.6 is 12.6 Å². The van der Waals surface area contributed by atoms with Gasteiger partial charge in [0.25, 0.3) is 0 Å². The van der Waals surface area contributed by atoms with Gasteiger partial charge in [0.2, 0.25) is 5.90 Å². The molecular weight excluding hydrogens is 234 g/mol. The predicted octanol–water partition coefficient (Wildman–Crippen LogP) is 3.58. The van der Waals surface area contributed by atoms with Gasteiger partial charge in [-0.05, 0) is 17.8 Å². The summed E-state index contributed by atoms with van der Waals surface area (Å²) in [5.74, 6) is 0.345. The summed E-state index contributed by atoms with van der Waals surface area (Å²) in [7, 11) is 0. The Morgan fingerprint density at radius 1 is 1.59 bits per heavy atom. The van der Waals surface area contributed by atoms with E-state index in [1.807, 2.05) is 12.2 Å². The standard InChI is InChI=1S/C13H17NO2S/c1-12(2,3)13-5-4-8(6-9(13)7-13)10(14)16-11(15)17/h4-6,9,14H,7H2,1-3H3,(H,15,17). The van der Waals surface area contributed by atoms with Crippen molar-refractivity contribution in [3.05, 3.63) is 23.8 Å². The minimum absolute atomic E-state index is 0.115. The van der Waals surface area contributed by atoms with Gasteiger partial charge in [0.05, 0.1) is 0 Å². The maximum Gasteiger partial charge on any atom is 0.370 e. The molecule has 0 bridgehead atoms. The number of rotatable bonds is 1. The molecule has 2 rings (SSSR count). The van der Waals surface area contributed by atoms with Gasteiger partial charge in [0.1, 0.15) is 0 Å². The molecule has 0 saturated heterocycles. The third kappa shape index (κ3) is 2.06. The third-order valence-electron chi connectivity index (χ3n) is 3.85. The van der Waals surface area contributed by atoms with Crippen molar-refractivity contribution in [3.63, 3.8) is 0 Å². The summed E-state index contributed by atoms with van der Waals surface area (Å²) in [5.41, 5.74) is 1.12. The van der Waals surface area contributed by atoms with Gasteiger partial charge in [-0.1, -0.05) is 51.6 Å². The average Bonchev–Trinajstić information content (AvgIpc) is 2.89. The van der Waals surface area contributed by atoms with Gasteiger partial charge in [0, 0.05) is 11.0 Å². The number of allylic oxidation sites excluding steroid dienone is 2. The van der Waals surface area contributed by atoms with E-state index in [4.69, 9.17) is 5.41 Å². The molecule has 0 aromatic rings. The van der Waals surface area contributed by atoms with E-state index in [0.717, 1.165) is 6.42 Å². The summed E-state index contributed by atoms with van der Waals surface area (Å²) in [6.45, 7) is 6.69. The van der Waals surface area contributed by atoms with E-state index in [1.165, 1.54) is 0 Å². The summed E-state index contributed by atoms with van der Waals surface area (Å²) >= 11 is 3.50. The van der Waals surface area contributed by atoms with Crippen LogP contribution in [0.1, 0.15) is 27.2 Å². The average molecular weight is 251 g/mol. The molecule has 17 heavy (non-hydrogen) atoms. The highest BCUT2D eigenvalue weighted by Crippen LogP contribution is 2.66. The van der Waals surface area contributed by atoms with E-state index in [-0.39, 0.29) is 16.7 Å². The van der Waals surface area contributed by atoms with Gasteiger partial charge >= 0.3 is 5.30 Å². The fraction of sp³-hybridized carbons (Fsp3) is 0.538. The van der Waals surface area contributed by atoms with E-state index in [9.17, 15) is 4.79 Å². The van der Waals surface area contributed by atoms with Crippen LogP contribution in [0.4, 0.5) is 4.79 Å². The number of nitrogens with one attached hydrogen (secondary N) is 1. The van der Waals surface area contributed by atoms with E-state index >= 15 is 0 Å². The fourth-order valence-electron chi connectivity index (χ4n) is 2.63. The summed E-state index contributed by atoms with van der Waals surface area (Å²) in [5, 5.41) is 6.89. The van der Waals surface area contributed by atoms with Gasteiger partial charge < -0.3 is 4.74 Å². The van der Waals surface area contributed by atoms with Crippen LogP contribution in [-0.2, 0) is 4.74 Å². The molecule has 0 aromatic heterocycles. The molecule has 1 saturated carbocycles. The molecular formula is C13H17NO2S. The van der Waals surface area contributed by atoms with Gasteiger partial charge in [-0.15, -0.1) is 0 Å². The Hall–Kier alpha value is -1.03. The van der Waals surface area contributed by atoms with Gasteiger partial charge in [-0.2, -0.15) is 0 Å². The number of carbonyl (C=O) groups is 1. The van der Waals surface area contributed by atoms with Crippen LogP contribution in [0.2, 0.25) is 0 Å². The maximum atomic E-state index is 10.7. The second kappa shape index (κ2) is 3.73. The van der Waals surface area contributed by atoms with Crippen molar-refractivity contribution in [2.45, 2.75) is 27.2 Å². The molecule has 0 heterocycles. The molecule has 0 amide bonds. The minimum atomic E-state index is -0.743. The molecule has 2 unspecified atom stereocenters. The highest BCUT2D eigenvalue weighted by molar-refractivity contribution is 7.96. The Kier molecular flexibility index (Phi) is 2.73. The van der Waals surface area contributed by atoms with Crippen LogP contribution in [0.5, 0.6) is 0 Å². The predicted molar refractivity (Wildman–Crippen MR) is 70.4 cm³/mol. The number of ether oxygens (including phenoxy) is 1. The number of fused-ring (bicyclic) bond motifs is 1. The summed E-state index contributed by atoms with van der Waals surface area (Å²) in [4.78, 5) is 10.7. The lowest BCUT2D eigenvalue weighted by molar-refractivity contribution is 0.224. The van der Waals surface area contributed by atoms with Crippen molar-refractivity contribution < 1.29 is 9.53 Å². The molecule has 1 N–H and O–H groups in total. The Balaban J connectivity index is 2.13. The second-order valence-corrected chi connectivity index (χ2v) is 6.12. The van der Waals surface area contributed by atoms with Gasteiger partial charge in [0.15, 0.2) is 0 Å². The molecule has 3 nitrogen and oxygen atoms in total. The SMILES string of the molecule is CC(C)(C)C12C=CC(C(=N)OC(=O)S)=CC1C2. The molecule has 92 valence electrons. The largest absolute Gasteiger partial charge is 0.399 e. The smallest absolute Gasteiger partial charge is 0.370 e. The molecule has 2 aliphatic rings. The Morgan fingerprint density at radius 3 is 2.71 bits per heavy atom. The highest BCUT2D eigenvalue weighted by Gasteiger charge is 2.59. The molecule has 0 spiro atoms. The third-order valence-corrected chi connectivity index (χ3v) is 3.94. The zero-order chi connectivity index (χ0) is 12.8. The van der Waals surface area contributed by atoms with E-state index in [1.54, 1.807) is 0 Å². The normalized spacial score (nSPS) is 30.4. The Labute approximate surface area is 107 Å². The first-order valence-corrected chi connectivity index (χ1v) is 6.12. The maximum absolute atomic E-state index is 10.7. The topological polar surface area (TPSA) is 50.1 Å². The molecule has 2 aliphatic carbocycles. The fourth-order valence-corrected chi connectivity index (χ4v) is 2.72. The van der Waals surface area contributed by atoms with Crippen molar-refractivity contribution in [1.29, 1.82) is 5.41 Å². The van der Waals surface area contributed by atoms with E-state index < -0.39 is 5.30 Å². The Bertz CT molecular complexity index is 445. The lowest BCUT2D eigenvalue weighted by atomic mass is 9.74. The molecule has 0 aliphatic heterocycles. The molecule has 1 fully saturated rings. The first-order chi connectivity index (χ1) is 7.76. The van der Waals surface area contributed by atoms with Crippen LogP contribution in [0.25, 0.3) is 0 Å². The monoisotopic (exact) mass is 251 g/mol. The van der Waals surface area contributed by atoms with Crippen LogP contribution in [0, 0.1) is 22.2 Å². The van der Waals surface area contributed by atoms with Crippen molar-refractivity contribution in [2.24, 2.45) is 16.7 Å². The lowest BCUT2D eigenvalue weighted by Gasteiger charge is -2.31. The lowest BCUT2D eigenvalue weighted by Crippen LogP contribution is -2.23. The highest BCUT2D eigenvalue weighted by atomic mass is 32.1. The van der Waals surface area contributed by atoms with Crippen molar-refractivity contribution in [3.8, 4) is 0 Å². The molecule has 0 aromatic carbocycles.